The predicted molar refractivity (Wildman–Crippen MR) is 93.1 cm³/mol. The average molecular weight is 339 g/mol. The lowest BCUT2D eigenvalue weighted by atomic mass is 10.2. The number of aromatic nitrogens is 4. The second-order valence-corrected chi connectivity index (χ2v) is 6.02. The summed E-state index contributed by atoms with van der Waals surface area (Å²) in [5, 5.41) is 3.37. The van der Waals surface area contributed by atoms with Crippen molar-refractivity contribution >= 4 is 0 Å². The Labute approximate surface area is 146 Å². The molecule has 1 aromatic carbocycles. The zero-order valence-electron chi connectivity index (χ0n) is 14.1. The van der Waals surface area contributed by atoms with Gasteiger partial charge in [0.15, 0.2) is 0 Å². The van der Waals surface area contributed by atoms with Gasteiger partial charge in [0.2, 0.25) is 0 Å². The van der Waals surface area contributed by atoms with Gasteiger partial charge < -0.3 is 24.3 Å². The second kappa shape index (κ2) is 7.08. The van der Waals surface area contributed by atoms with Crippen LogP contribution in [0.2, 0.25) is 0 Å². The van der Waals surface area contributed by atoms with Gasteiger partial charge in [0.1, 0.15) is 24.0 Å². The van der Waals surface area contributed by atoms with E-state index in [-0.39, 0.29) is 6.10 Å². The first kappa shape index (κ1) is 15.9. The van der Waals surface area contributed by atoms with Crippen molar-refractivity contribution in [2.24, 2.45) is 0 Å². The predicted octanol–water partition coefficient (Wildman–Crippen LogP) is 1.97. The molecule has 0 spiro atoms. The number of benzene rings is 1. The highest BCUT2D eigenvalue weighted by atomic mass is 16.5. The number of hydrogen-bond donors (Lipinski definition) is 2. The van der Waals surface area contributed by atoms with Crippen LogP contribution in [0, 0.1) is 0 Å². The number of fused-ring (bicyclic) bond motifs is 1. The molecule has 1 aliphatic heterocycles. The second-order valence-electron chi connectivity index (χ2n) is 6.02. The molecular weight excluding hydrogens is 318 g/mol. The van der Waals surface area contributed by atoms with Crippen molar-refractivity contribution in [2.45, 2.75) is 25.8 Å². The summed E-state index contributed by atoms with van der Waals surface area (Å²) in [4.78, 5) is 12.0. The van der Waals surface area contributed by atoms with Gasteiger partial charge in [-0.1, -0.05) is 0 Å². The Hall–Kier alpha value is -2.64. The van der Waals surface area contributed by atoms with Crippen molar-refractivity contribution in [2.75, 3.05) is 13.7 Å². The summed E-state index contributed by atoms with van der Waals surface area (Å²) in [7, 11) is 1.67. The van der Waals surface area contributed by atoms with Crippen molar-refractivity contribution < 1.29 is 9.47 Å². The van der Waals surface area contributed by atoms with Crippen molar-refractivity contribution in [3.05, 3.63) is 54.5 Å². The summed E-state index contributed by atoms with van der Waals surface area (Å²) >= 11 is 0. The normalized spacial score (nSPS) is 16.6. The number of H-pyrrole nitrogens is 1. The zero-order chi connectivity index (χ0) is 17.1. The van der Waals surface area contributed by atoms with Crippen LogP contribution in [0.25, 0.3) is 11.3 Å². The number of methoxy groups -OCH3 is 1. The SMILES string of the molecule is COc1ccc(-c2cn3c(n2)CO[C@@H](CNCc2ncc[nH]2)C3)cc1. The largest absolute Gasteiger partial charge is 0.497 e. The lowest BCUT2D eigenvalue weighted by molar-refractivity contribution is 0.00271. The Morgan fingerprint density at radius 1 is 1.36 bits per heavy atom. The van der Waals surface area contributed by atoms with E-state index in [1.54, 1.807) is 13.3 Å². The first-order chi connectivity index (χ1) is 12.3. The number of ether oxygens (including phenoxy) is 2. The Kier molecular flexibility index (Phi) is 4.49. The molecule has 1 aliphatic rings. The first-order valence-corrected chi connectivity index (χ1v) is 8.33. The summed E-state index contributed by atoms with van der Waals surface area (Å²) < 4.78 is 13.3. The highest BCUT2D eigenvalue weighted by molar-refractivity contribution is 5.59. The van der Waals surface area contributed by atoms with E-state index >= 15 is 0 Å². The van der Waals surface area contributed by atoms with Gasteiger partial charge in [-0.05, 0) is 24.3 Å². The van der Waals surface area contributed by atoms with Crippen LogP contribution in [0.3, 0.4) is 0 Å². The van der Waals surface area contributed by atoms with Crippen LogP contribution in [-0.2, 0) is 24.4 Å². The minimum atomic E-state index is 0.125. The Bertz CT molecular complexity index is 811. The van der Waals surface area contributed by atoms with E-state index in [0.29, 0.717) is 13.2 Å². The molecule has 0 fully saturated rings. The number of nitrogens with one attached hydrogen (secondary N) is 2. The molecule has 7 heteroatoms. The Morgan fingerprint density at radius 3 is 3.00 bits per heavy atom. The molecule has 2 aromatic heterocycles. The highest BCUT2D eigenvalue weighted by Crippen LogP contribution is 2.24. The summed E-state index contributed by atoms with van der Waals surface area (Å²) in [5.41, 5.74) is 2.04. The van der Waals surface area contributed by atoms with E-state index in [9.17, 15) is 0 Å². The quantitative estimate of drug-likeness (QED) is 0.718. The fourth-order valence-electron chi connectivity index (χ4n) is 2.96. The van der Waals surface area contributed by atoms with Crippen LogP contribution >= 0.6 is 0 Å². The number of rotatable bonds is 6. The van der Waals surface area contributed by atoms with Crippen molar-refractivity contribution in [3.63, 3.8) is 0 Å². The van der Waals surface area contributed by atoms with Gasteiger partial charge in [0.05, 0.1) is 32.0 Å². The van der Waals surface area contributed by atoms with Crippen molar-refractivity contribution in [1.82, 2.24) is 24.8 Å². The van der Waals surface area contributed by atoms with Crippen LogP contribution in [0.4, 0.5) is 0 Å². The van der Waals surface area contributed by atoms with E-state index in [4.69, 9.17) is 14.5 Å². The van der Waals surface area contributed by atoms with Gasteiger partial charge in [-0.2, -0.15) is 0 Å². The monoisotopic (exact) mass is 339 g/mol. The third kappa shape index (κ3) is 3.57. The summed E-state index contributed by atoms with van der Waals surface area (Å²) in [6, 6.07) is 7.95. The van der Waals surface area contributed by atoms with E-state index in [1.807, 2.05) is 30.5 Å². The molecule has 0 bridgehead atoms. The smallest absolute Gasteiger partial charge is 0.135 e. The van der Waals surface area contributed by atoms with E-state index < -0.39 is 0 Å². The fraction of sp³-hybridized carbons (Fsp3) is 0.333. The van der Waals surface area contributed by atoms with Crippen LogP contribution in [0.5, 0.6) is 5.75 Å². The summed E-state index contributed by atoms with van der Waals surface area (Å²) in [6.07, 6.45) is 5.80. The minimum absolute atomic E-state index is 0.125. The average Bonchev–Trinajstić information content (AvgIpc) is 3.31. The number of nitrogens with zero attached hydrogens (tertiary/aromatic N) is 3. The van der Waals surface area contributed by atoms with Crippen LogP contribution in [0.1, 0.15) is 11.6 Å². The third-order valence-corrected chi connectivity index (χ3v) is 4.31. The molecule has 4 rings (SSSR count). The third-order valence-electron chi connectivity index (χ3n) is 4.31. The molecule has 25 heavy (non-hydrogen) atoms. The maximum Gasteiger partial charge on any atom is 0.135 e. The first-order valence-electron chi connectivity index (χ1n) is 8.33. The highest BCUT2D eigenvalue weighted by Gasteiger charge is 2.21. The van der Waals surface area contributed by atoms with Gasteiger partial charge in [-0.3, -0.25) is 0 Å². The summed E-state index contributed by atoms with van der Waals surface area (Å²) in [6.45, 7) is 2.81. The maximum atomic E-state index is 5.91. The standard InChI is InChI=1S/C18H21N5O2/c1-24-14-4-2-13(3-5-14)16-11-23-10-15(25-12-18(23)22-16)8-19-9-17-20-6-7-21-17/h2-7,11,15,19H,8-10,12H2,1H3,(H,20,21)/t15-/m0/s1. The maximum absolute atomic E-state index is 5.91. The lowest BCUT2D eigenvalue weighted by Crippen LogP contribution is -2.36. The van der Waals surface area contributed by atoms with Crippen molar-refractivity contribution in [3.8, 4) is 17.0 Å². The van der Waals surface area contributed by atoms with E-state index in [1.165, 1.54) is 0 Å². The number of imidazole rings is 2. The molecule has 3 heterocycles. The zero-order valence-corrected chi connectivity index (χ0v) is 14.1. The van der Waals surface area contributed by atoms with Gasteiger partial charge in [0.25, 0.3) is 0 Å². The van der Waals surface area contributed by atoms with E-state index in [2.05, 4.69) is 26.0 Å². The molecular formula is C18H21N5O2. The molecule has 2 N–H and O–H groups in total. The Balaban J connectivity index is 1.38. The molecule has 130 valence electrons. The molecule has 3 aromatic rings. The van der Waals surface area contributed by atoms with Gasteiger partial charge in [-0.25, -0.2) is 9.97 Å². The molecule has 0 unspecified atom stereocenters. The molecule has 0 radical (unpaired) electrons. The van der Waals surface area contributed by atoms with Crippen molar-refractivity contribution in [1.29, 1.82) is 0 Å². The number of hydrogen-bond acceptors (Lipinski definition) is 5. The molecule has 0 amide bonds. The topological polar surface area (TPSA) is 77.0 Å². The van der Waals surface area contributed by atoms with Crippen LogP contribution in [0.15, 0.2) is 42.9 Å². The summed E-state index contributed by atoms with van der Waals surface area (Å²) in [5.74, 6) is 2.74. The van der Waals surface area contributed by atoms with Crippen LogP contribution in [-0.4, -0.2) is 39.3 Å². The fourth-order valence-corrected chi connectivity index (χ4v) is 2.96. The van der Waals surface area contributed by atoms with Gasteiger partial charge in [-0.15, -0.1) is 0 Å². The van der Waals surface area contributed by atoms with Crippen LogP contribution < -0.4 is 10.1 Å². The molecule has 7 nitrogen and oxygen atoms in total. The lowest BCUT2D eigenvalue weighted by Gasteiger charge is -2.24. The number of aromatic amines is 1. The van der Waals surface area contributed by atoms with Gasteiger partial charge >= 0.3 is 0 Å². The molecule has 0 aliphatic carbocycles. The molecule has 0 saturated carbocycles. The van der Waals surface area contributed by atoms with E-state index in [0.717, 1.165) is 41.7 Å². The van der Waals surface area contributed by atoms with Gasteiger partial charge in [0, 0.05) is 30.7 Å². The Morgan fingerprint density at radius 2 is 2.24 bits per heavy atom. The minimum Gasteiger partial charge on any atom is -0.497 e. The molecule has 0 saturated heterocycles. The molecule has 1 atom stereocenters.